The highest BCUT2D eigenvalue weighted by atomic mass is 32.1. The number of aliphatic hydroxyl groups excluding tert-OH is 1. The van der Waals surface area contributed by atoms with Crippen molar-refractivity contribution in [2.24, 2.45) is 0 Å². The van der Waals surface area contributed by atoms with Gasteiger partial charge in [-0.1, -0.05) is 25.3 Å². The van der Waals surface area contributed by atoms with Crippen molar-refractivity contribution in [3.8, 4) is 12.3 Å². The van der Waals surface area contributed by atoms with Crippen molar-refractivity contribution >= 4 is 22.2 Å². The van der Waals surface area contributed by atoms with Crippen molar-refractivity contribution in [3.05, 3.63) is 29.2 Å². The van der Waals surface area contributed by atoms with Gasteiger partial charge in [0.1, 0.15) is 11.2 Å². The fraction of sp³-hybridized carbons (Fsp3) is 0.308. The quantitative estimate of drug-likeness (QED) is 0.842. The van der Waals surface area contributed by atoms with Crippen molar-refractivity contribution in [2.45, 2.75) is 25.9 Å². The van der Waals surface area contributed by atoms with Crippen LogP contribution in [-0.4, -0.2) is 14.5 Å². The highest BCUT2D eigenvalue weighted by Crippen LogP contribution is 2.29. The van der Waals surface area contributed by atoms with Gasteiger partial charge in [0.05, 0.1) is 16.8 Å². The summed E-state index contributed by atoms with van der Waals surface area (Å²) in [7, 11) is 0. The molecule has 88 valence electrons. The van der Waals surface area contributed by atoms with Crippen LogP contribution < -0.4 is 0 Å². The van der Waals surface area contributed by atoms with Crippen molar-refractivity contribution < 1.29 is 5.11 Å². The third-order valence-electron chi connectivity index (χ3n) is 2.47. The molecule has 1 N–H and O–H groups in total. The summed E-state index contributed by atoms with van der Waals surface area (Å²) < 4.78 is 1.85. The average molecular weight is 246 g/mol. The summed E-state index contributed by atoms with van der Waals surface area (Å²) in [5.41, 5.74) is 0.734. The summed E-state index contributed by atoms with van der Waals surface area (Å²) in [4.78, 5) is 6.04. The molecule has 0 aliphatic heterocycles. The molecule has 1 unspecified atom stereocenters. The van der Waals surface area contributed by atoms with Crippen LogP contribution in [-0.2, 0) is 0 Å². The van der Waals surface area contributed by atoms with Gasteiger partial charge in [-0.2, -0.15) is 0 Å². The highest BCUT2D eigenvalue weighted by Gasteiger charge is 2.16. The Bertz CT molecular complexity index is 574. The number of imidazole rings is 1. The zero-order valence-corrected chi connectivity index (χ0v) is 10.4. The Labute approximate surface area is 104 Å². The van der Waals surface area contributed by atoms with E-state index in [2.05, 4.69) is 23.9 Å². The predicted molar refractivity (Wildman–Crippen MR) is 70.8 cm³/mol. The number of hydrogen-bond donors (Lipinski definition) is 1. The molecule has 2 aromatic heterocycles. The summed E-state index contributed by atoms with van der Waals surface area (Å²) >= 11 is 1.58. The summed E-state index contributed by atoms with van der Waals surface area (Å²) in [5.74, 6) is 2.36. The van der Waals surface area contributed by atoms with E-state index < -0.39 is 6.10 Å². The van der Waals surface area contributed by atoms with Crippen LogP contribution in [0.1, 0.15) is 36.4 Å². The fourth-order valence-electron chi connectivity index (χ4n) is 1.64. The number of unbranched alkanes of at least 4 members (excludes halogenated alkanes) is 1. The molecule has 0 spiro atoms. The zero-order chi connectivity index (χ0) is 12.3. The number of allylic oxidation sites excluding steroid dienone is 1. The first kappa shape index (κ1) is 11.9. The van der Waals surface area contributed by atoms with Crippen LogP contribution in [0, 0.1) is 12.3 Å². The summed E-state index contributed by atoms with van der Waals surface area (Å²) in [6, 6.07) is 0. The Morgan fingerprint density at radius 2 is 2.53 bits per heavy atom. The van der Waals surface area contributed by atoms with Crippen LogP contribution in [0.25, 0.3) is 10.9 Å². The van der Waals surface area contributed by atoms with Gasteiger partial charge in [-0.3, -0.25) is 4.40 Å². The summed E-state index contributed by atoms with van der Waals surface area (Å²) in [5, 5.41) is 9.86. The number of fused-ring (bicyclic) bond motifs is 1. The van der Waals surface area contributed by atoms with Crippen LogP contribution in [0.2, 0.25) is 0 Å². The second-order valence-electron chi connectivity index (χ2n) is 3.71. The fourth-order valence-corrected chi connectivity index (χ4v) is 2.71. The Morgan fingerprint density at radius 3 is 3.24 bits per heavy atom. The van der Waals surface area contributed by atoms with E-state index in [4.69, 9.17) is 6.42 Å². The molecule has 2 aromatic rings. The minimum Gasteiger partial charge on any atom is -0.374 e. The average Bonchev–Trinajstić information content (AvgIpc) is 2.88. The molecule has 0 amide bonds. The number of terminal acetylenes is 1. The van der Waals surface area contributed by atoms with Gasteiger partial charge in [0.15, 0.2) is 6.10 Å². The summed E-state index contributed by atoms with van der Waals surface area (Å²) in [6.45, 7) is 2.13. The first-order valence-corrected chi connectivity index (χ1v) is 6.35. The lowest BCUT2D eigenvalue weighted by atomic mass is 10.2. The monoisotopic (exact) mass is 246 g/mol. The number of rotatable bonds is 4. The van der Waals surface area contributed by atoms with Gasteiger partial charge in [0, 0.05) is 0 Å². The number of thiazole rings is 1. The van der Waals surface area contributed by atoms with Crippen LogP contribution in [0.3, 0.4) is 0 Å². The van der Waals surface area contributed by atoms with E-state index in [1.165, 1.54) is 0 Å². The molecular formula is C13H14N2OS. The van der Waals surface area contributed by atoms with Gasteiger partial charge in [0.25, 0.3) is 0 Å². The van der Waals surface area contributed by atoms with E-state index >= 15 is 0 Å². The number of hydrogen-bond acceptors (Lipinski definition) is 3. The molecule has 0 saturated carbocycles. The normalized spacial score (nSPS) is 13.2. The van der Waals surface area contributed by atoms with Gasteiger partial charge >= 0.3 is 0 Å². The first-order chi connectivity index (χ1) is 8.27. The van der Waals surface area contributed by atoms with Crippen LogP contribution >= 0.6 is 11.3 Å². The Balaban J connectivity index is 2.47. The third kappa shape index (κ3) is 2.26. The lowest BCUT2D eigenvalue weighted by molar-refractivity contribution is 0.232. The third-order valence-corrected chi connectivity index (χ3v) is 3.55. The standard InChI is InChI=1S/C13H14N2OS/c1-3-5-6-7-11-13(10(16)4-2)15-9-14-8-12(15)17-11/h2,6-10,16H,3,5H2,1H3/b7-6+. The van der Waals surface area contributed by atoms with E-state index in [9.17, 15) is 5.11 Å². The van der Waals surface area contributed by atoms with Crippen molar-refractivity contribution in [1.29, 1.82) is 0 Å². The lowest BCUT2D eigenvalue weighted by Gasteiger charge is -2.03. The van der Waals surface area contributed by atoms with Crippen LogP contribution in [0.15, 0.2) is 18.6 Å². The second kappa shape index (κ2) is 5.17. The Morgan fingerprint density at radius 1 is 1.71 bits per heavy atom. The maximum Gasteiger partial charge on any atom is 0.156 e. The summed E-state index contributed by atoms with van der Waals surface area (Å²) in [6.07, 6.45) is 14.1. The maximum absolute atomic E-state index is 9.86. The molecule has 1 atom stereocenters. The molecule has 0 aromatic carbocycles. The number of aromatic nitrogens is 2. The van der Waals surface area contributed by atoms with E-state index in [-0.39, 0.29) is 0 Å². The molecule has 0 bridgehead atoms. The number of nitrogens with zero attached hydrogens (tertiary/aromatic N) is 2. The molecule has 0 radical (unpaired) electrons. The van der Waals surface area contributed by atoms with E-state index in [1.807, 2.05) is 10.5 Å². The molecule has 0 saturated heterocycles. The Kier molecular flexibility index (Phi) is 3.62. The van der Waals surface area contributed by atoms with Crippen molar-refractivity contribution in [1.82, 2.24) is 9.38 Å². The van der Waals surface area contributed by atoms with Crippen LogP contribution in [0.4, 0.5) is 0 Å². The predicted octanol–water partition coefficient (Wildman–Crippen LogP) is 2.88. The largest absolute Gasteiger partial charge is 0.374 e. The van der Waals surface area contributed by atoms with Gasteiger partial charge < -0.3 is 5.11 Å². The molecule has 17 heavy (non-hydrogen) atoms. The van der Waals surface area contributed by atoms with E-state index in [0.717, 1.165) is 28.2 Å². The molecule has 2 rings (SSSR count). The van der Waals surface area contributed by atoms with Gasteiger partial charge in [-0.15, -0.1) is 17.8 Å². The number of aliphatic hydroxyl groups is 1. The van der Waals surface area contributed by atoms with Gasteiger partial charge in [-0.05, 0) is 12.5 Å². The van der Waals surface area contributed by atoms with E-state index in [1.54, 1.807) is 23.9 Å². The molecule has 3 nitrogen and oxygen atoms in total. The minimum atomic E-state index is -0.890. The topological polar surface area (TPSA) is 37.5 Å². The second-order valence-corrected chi connectivity index (χ2v) is 4.78. The highest BCUT2D eigenvalue weighted by molar-refractivity contribution is 7.18. The lowest BCUT2D eigenvalue weighted by Crippen LogP contribution is -1.99. The molecule has 4 heteroatoms. The zero-order valence-electron chi connectivity index (χ0n) is 9.63. The molecule has 0 aliphatic carbocycles. The van der Waals surface area contributed by atoms with Gasteiger partial charge in [-0.25, -0.2) is 4.98 Å². The smallest absolute Gasteiger partial charge is 0.156 e. The maximum atomic E-state index is 9.86. The van der Waals surface area contributed by atoms with Crippen LogP contribution in [0.5, 0.6) is 0 Å². The molecule has 0 fully saturated rings. The first-order valence-electron chi connectivity index (χ1n) is 5.53. The Hall–Kier alpha value is -1.57. The van der Waals surface area contributed by atoms with E-state index in [0.29, 0.717) is 0 Å². The van der Waals surface area contributed by atoms with Crippen molar-refractivity contribution in [3.63, 3.8) is 0 Å². The minimum absolute atomic E-state index is 0.734. The molecule has 2 heterocycles. The molecular weight excluding hydrogens is 232 g/mol. The molecule has 0 aliphatic rings. The van der Waals surface area contributed by atoms with Gasteiger partial charge in [0.2, 0.25) is 0 Å². The van der Waals surface area contributed by atoms with Crippen molar-refractivity contribution in [2.75, 3.05) is 0 Å². The SMILES string of the molecule is C#CC(O)c1c(/C=C/CCC)sc2cncn12.